The molecular formula is C17H11BrF3N3O. The summed E-state index contributed by atoms with van der Waals surface area (Å²) in [6, 6.07) is 15.2. The third-order valence-corrected chi connectivity index (χ3v) is 3.83. The third-order valence-electron chi connectivity index (χ3n) is 3.14. The van der Waals surface area contributed by atoms with Crippen molar-refractivity contribution in [3.8, 4) is 11.6 Å². The number of hydrogen-bond acceptors (Lipinski definition) is 4. The van der Waals surface area contributed by atoms with Gasteiger partial charge in [0.05, 0.1) is 5.69 Å². The lowest BCUT2D eigenvalue weighted by Gasteiger charge is -2.14. The first-order valence-corrected chi connectivity index (χ1v) is 7.91. The summed E-state index contributed by atoms with van der Waals surface area (Å²) in [6.45, 7) is 0. The molecule has 128 valence electrons. The highest BCUT2D eigenvalue weighted by Crippen LogP contribution is 2.37. The van der Waals surface area contributed by atoms with E-state index in [2.05, 4.69) is 31.2 Å². The van der Waals surface area contributed by atoms with Crippen molar-refractivity contribution in [1.82, 2.24) is 9.97 Å². The highest BCUT2D eigenvalue weighted by atomic mass is 79.9. The molecule has 1 aromatic heterocycles. The van der Waals surface area contributed by atoms with E-state index < -0.39 is 17.6 Å². The van der Waals surface area contributed by atoms with Crippen LogP contribution in [0.3, 0.4) is 0 Å². The Labute approximate surface area is 149 Å². The standard InChI is InChI=1S/C17H11BrF3N3O/c18-13-8-4-5-9-14(13)23-16-22-10-12(17(19,20)21)15(24-16)25-11-6-2-1-3-7-11/h1-10H,(H,22,23,24). The van der Waals surface area contributed by atoms with Crippen molar-refractivity contribution in [1.29, 1.82) is 0 Å². The Bertz CT molecular complexity index is 873. The fraction of sp³-hybridized carbons (Fsp3) is 0.0588. The van der Waals surface area contributed by atoms with Crippen molar-refractivity contribution in [3.63, 3.8) is 0 Å². The lowest BCUT2D eigenvalue weighted by Crippen LogP contribution is -2.11. The predicted molar refractivity (Wildman–Crippen MR) is 91.0 cm³/mol. The maximum atomic E-state index is 13.2. The van der Waals surface area contributed by atoms with Gasteiger partial charge in [-0.3, -0.25) is 0 Å². The van der Waals surface area contributed by atoms with Gasteiger partial charge in [-0.2, -0.15) is 18.2 Å². The number of benzene rings is 2. The molecule has 0 aliphatic heterocycles. The van der Waals surface area contributed by atoms with E-state index in [-0.39, 0.29) is 11.7 Å². The summed E-state index contributed by atoms with van der Waals surface area (Å²) in [5, 5.41) is 2.86. The van der Waals surface area contributed by atoms with Crippen molar-refractivity contribution < 1.29 is 17.9 Å². The molecule has 2 aromatic carbocycles. The average Bonchev–Trinajstić information content (AvgIpc) is 2.57. The first-order chi connectivity index (χ1) is 11.9. The van der Waals surface area contributed by atoms with E-state index in [1.54, 1.807) is 48.5 Å². The maximum absolute atomic E-state index is 13.2. The Morgan fingerprint density at radius 2 is 1.64 bits per heavy atom. The van der Waals surface area contributed by atoms with Crippen molar-refractivity contribution in [2.75, 3.05) is 5.32 Å². The maximum Gasteiger partial charge on any atom is 0.423 e. The topological polar surface area (TPSA) is 47.0 Å². The summed E-state index contributed by atoms with van der Waals surface area (Å²) in [5.74, 6) is -0.326. The van der Waals surface area contributed by atoms with Crippen LogP contribution in [0, 0.1) is 0 Å². The van der Waals surface area contributed by atoms with Gasteiger partial charge in [0.15, 0.2) is 0 Å². The number of hydrogen-bond donors (Lipinski definition) is 1. The van der Waals surface area contributed by atoms with Crippen molar-refractivity contribution in [2.24, 2.45) is 0 Å². The van der Waals surface area contributed by atoms with Gasteiger partial charge >= 0.3 is 6.18 Å². The minimum absolute atomic E-state index is 0.00849. The van der Waals surface area contributed by atoms with Gasteiger partial charge in [-0.05, 0) is 40.2 Å². The molecule has 0 spiro atoms. The molecule has 0 saturated heterocycles. The molecule has 25 heavy (non-hydrogen) atoms. The molecule has 4 nitrogen and oxygen atoms in total. The monoisotopic (exact) mass is 409 g/mol. The van der Waals surface area contributed by atoms with Gasteiger partial charge in [0.25, 0.3) is 0 Å². The first kappa shape index (κ1) is 17.2. The number of nitrogens with zero attached hydrogens (tertiary/aromatic N) is 2. The van der Waals surface area contributed by atoms with Crippen LogP contribution in [0.5, 0.6) is 11.6 Å². The molecular weight excluding hydrogens is 399 g/mol. The van der Waals surface area contributed by atoms with Gasteiger partial charge < -0.3 is 10.1 Å². The third kappa shape index (κ3) is 4.27. The zero-order valence-electron chi connectivity index (χ0n) is 12.6. The number of anilines is 2. The Hall–Kier alpha value is -2.61. The highest BCUT2D eigenvalue weighted by Gasteiger charge is 2.36. The van der Waals surface area contributed by atoms with E-state index >= 15 is 0 Å². The van der Waals surface area contributed by atoms with Crippen LogP contribution in [-0.4, -0.2) is 9.97 Å². The summed E-state index contributed by atoms with van der Waals surface area (Å²) in [7, 11) is 0. The number of alkyl halides is 3. The van der Waals surface area contributed by atoms with Gasteiger partial charge in [-0.25, -0.2) is 4.98 Å². The second-order valence-corrected chi connectivity index (χ2v) is 5.78. The molecule has 0 amide bonds. The number of halogens is 4. The van der Waals surface area contributed by atoms with Crippen molar-refractivity contribution >= 4 is 27.6 Å². The second kappa shape index (κ2) is 7.10. The average molecular weight is 410 g/mol. The smallest absolute Gasteiger partial charge is 0.423 e. The lowest BCUT2D eigenvalue weighted by molar-refractivity contribution is -0.139. The lowest BCUT2D eigenvalue weighted by atomic mass is 10.3. The predicted octanol–water partition coefficient (Wildman–Crippen LogP) is 5.79. The molecule has 3 rings (SSSR count). The Balaban J connectivity index is 1.96. The van der Waals surface area contributed by atoms with Gasteiger partial charge in [0.2, 0.25) is 11.8 Å². The number of aromatic nitrogens is 2. The fourth-order valence-electron chi connectivity index (χ4n) is 1.98. The van der Waals surface area contributed by atoms with E-state index in [9.17, 15) is 13.2 Å². The molecule has 0 bridgehead atoms. The SMILES string of the molecule is FC(F)(F)c1cnc(Nc2ccccc2Br)nc1Oc1ccccc1. The van der Waals surface area contributed by atoms with Crippen LogP contribution >= 0.6 is 15.9 Å². The Morgan fingerprint density at radius 1 is 0.960 bits per heavy atom. The number of nitrogens with one attached hydrogen (secondary N) is 1. The summed E-state index contributed by atoms with van der Waals surface area (Å²) in [6.07, 6.45) is -3.93. The van der Waals surface area contributed by atoms with Crippen LogP contribution in [0.15, 0.2) is 65.3 Å². The molecule has 0 aliphatic rings. The van der Waals surface area contributed by atoms with E-state index in [4.69, 9.17) is 4.74 Å². The van der Waals surface area contributed by atoms with Crippen LogP contribution in [-0.2, 0) is 6.18 Å². The Morgan fingerprint density at radius 3 is 2.32 bits per heavy atom. The number of ether oxygens (including phenoxy) is 1. The highest BCUT2D eigenvalue weighted by molar-refractivity contribution is 9.10. The number of rotatable bonds is 4. The minimum atomic E-state index is -4.63. The molecule has 0 aliphatic carbocycles. The molecule has 1 heterocycles. The molecule has 0 radical (unpaired) electrons. The van der Waals surface area contributed by atoms with E-state index in [1.807, 2.05) is 6.07 Å². The molecule has 3 aromatic rings. The zero-order chi connectivity index (χ0) is 17.9. The second-order valence-electron chi connectivity index (χ2n) is 4.93. The molecule has 8 heteroatoms. The van der Waals surface area contributed by atoms with E-state index in [0.29, 0.717) is 11.9 Å². The Kier molecular flexibility index (Phi) is 4.89. The van der Waals surface area contributed by atoms with Gasteiger partial charge in [0.1, 0.15) is 11.3 Å². The fourth-order valence-corrected chi connectivity index (χ4v) is 2.37. The molecule has 0 saturated carbocycles. The van der Waals surface area contributed by atoms with Crippen LogP contribution in [0.1, 0.15) is 5.56 Å². The van der Waals surface area contributed by atoms with Gasteiger partial charge in [0, 0.05) is 10.7 Å². The molecule has 0 fully saturated rings. The van der Waals surface area contributed by atoms with Crippen molar-refractivity contribution in [2.45, 2.75) is 6.18 Å². The van der Waals surface area contributed by atoms with Gasteiger partial charge in [-0.15, -0.1) is 0 Å². The summed E-state index contributed by atoms with van der Waals surface area (Å²) >= 11 is 3.34. The first-order valence-electron chi connectivity index (χ1n) is 7.12. The van der Waals surface area contributed by atoms with Crippen molar-refractivity contribution in [3.05, 3.63) is 70.8 Å². The van der Waals surface area contributed by atoms with Crippen LogP contribution < -0.4 is 10.1 Å². The van der Waals surface area contributed by atoms with Crippen LogP contribution in [0.4, 0.5) is 24.8 Å². The largest absolute Gasteiger partial charge is 0.438 e. The van der Waals surface area contributed by atoms with E-state index in [0.717, 1.165) is 4.47 Å². The molecule has 1 N–H and O–H groups in total. The van der Waals surface area contributed by atoms with E-state index in [1.165, 1.54) is 0 Å². The summed E-state index contributed by atoms with van der Waals surface area (Å²) in [4.78, 5) is 7.63. The van der Waals surface area contributed by atoms with Crippen LogP contribution in [0.2, 0.25) is 0 Å². The minimum Gasteiger partial charge on any atom is -0.438 e. The summed E-state index contributed by atoms with van der Waals surface area (Å²) < 4.78 is 45.6. The molecule has 0 unspecified atom stereocenters. The number of para-hydroxylation sites is 2. The van der Waals surface area contributed by atoms with Gasteiger partial charge in [-0.1, -0.05) is 30.3 Å². The van der Waals surface area contributed by atoms with Crippen LogP contribution in [0.25, 0.3) is 0 Å². The zero-order valence-corrected chi connectivity index (χ0v) is 14.2. The normalized spacial score (nSPS) is 11.2. The molecule has 0 atom stereocenters. The summed E-state index contributed by atoms with van der Waals surface area (Å²) in [5.41, 5.74) is -0.429. The quantitative estimate of drug-likeness (QED) is 0.591.